The van der Waals surface area contributed by atoms with Crippen LogP contribution < -0.4 is 10.6 Å². The number of hydrogen-bond acceptors (Lipinski definition) is 5. The summed E-state index contributed by atoms with van der Waals surface area (Å²) in [5.41, 5.74) is 0.0197. The van der Waals surface area contributed by atoms with Crippen LogP contribution in [0.25, 0.3) is 10.2 Å². The van der Waals surface area contributed by atoms with Crippen molar-refractivity contribution < 1.29 is 23.1 Å². The summed E-state index contributed by atoms with van der Waals surface area (Å²) in [6, 6.07) is 6.12. The van der Waals surface area contributed by atoms with Gasteiger partial charge in [0.05, 0.1) is 21.3 Å². The first-order valence-electron chi connectivity index (χ1n) is 9.72. The van der Waals surface area contributed by atoms with Crippen LogP contribution in [-0.2, 0) is 12.7 Å². The molecule has 0 aliphatic heterocycles. The Kier molecular flexibility index (Phi) is 6.09. The lowest BCUT2D eigenvalue weighted by molar-refractivity contribution is -0.137. The van der Waals surface area contributed by atoms with E-state index in [2.05, 4.69) is 15.6 Å². The van der Waals surface area contributed by atoms with Gasteiger partial charge < -0.3 is 10.4 Å². The Hall–Kier alpha value is -2.36. The Bertz CT molecular complexity index is 1130. The number of nitrogens with one attached hydrogen (secondary N) is 2. The van der Waals surface area contributed by atoms with E-state index < -0.39 is 17.6 Å². The number of nitrogens with zero attached hydrogens (tertiary/aromatic N) is 1. The van der Waals surface area contributed by atoms with Gasteiger partial charge in [-0.25, -0.2) is 4.98 Å². The van der Waals surface area contributed by atoms with Crippen LogP contribution in [0.2, 0.25) is 5.02 Å². The van der Waals surface area contributed by atoms with E-state index in [1.54, 1.807) is 6.07 Å². The van der Waals surface area contributed by atoms with Gasteiger partial charge in [-0.1, -0.05) is 35.8 Å². The second kappa shape index (κ2) is 8.64. The van der Waals surface area contributed by atoms with Gasteiger partial charge >= 0.3 is 6.18 Å². The number of amides is 1. The standard InChI is InChI=1S/C21H19ClF3N3O2S/c22-14-7-12(10-26-6-5-11-1-2-11)18(29)15(9-14)19(30)28-20-27-16-4-3-13(21(23,24)25)8-17(16)31-20/h3-4,7-9,11,26,29H,1-2,5-6,10H2,(H,27,28,30). The maximum absolute atomic E-state index is 12.9. The number of phenolic OH excluding ortho intramolecular Hbond substituents is 1. The summed E-state index contributed by atoms with van der Waals surface area (Å²) in [4.78, 5) is 16.9. The Morgan fingerprint density at radius 3 is 2.74 bits per heavy atom. The van der Waals surface area contributed by atoms with Gasteiger partial charge in [0.1, 0.15) is 5.75 Å². The number of phenols is 1. The number of thiazole rings is 1. The lowest BCUT2D eigenvalue weighted by Gasteiger charge is -2.11. The molecule has 0 bridgehead atoms. The SMILES string of the molecule is O=C(Nc1nc2ccc(C(F)(F)F)cc2s1)c1cc(Cl)cc(CNCCC2CC2)c1O. The Balaban J connectivity index is 1.49. The molecule has 0 saturated heterocycles. The molecule has 1 saturated carbocycles. The third-order valence-electron chi connectivity index (χ3n) is 5.08. The van der Waals surface area contributed by atoms with E-state index in [4.69, 9.17) is 11.6 Å². The molecule has 1 aliphatic rings. The van der Waals surface area contributed by atoms with E-state index in [1.807, 2.05) is 0 Å². The number of hydrogen-bond donors (Lipinski definition) is 3. The fraction of sp³-hybridized carbons (Fsp3) is 0.333. The number of carbonyl (C=O) groups is 1. The van der Waals surface area contributed by atoms with Gasteiger partial charge in [0.25, 0.3) is 5.91 Å². The van der Waals surface area contributed by atoms with Gasteiger partial charge in [0.2, 0.25) is 0 Å². The topological polar surface area (TPSA) is 74.2 Å². The van der Waals surface area contributed by atoms with Crippen molar-refractivity contribution in [3.05, 3.63) is 52.0 Å². The van der Waals surface area contributed by atoms with E-state index in [-0.39, 0.29) is 16.4 Å². The normalized spacial score (nSPS) is 14.2. The molecule has 4 rings (SSSR count). The van der Waals surface area contributed by atoms with Crippen LogP contribution in [0.15, 0.2) is 30.3 Å². The van der Waals surface area contributed by atoms with E-state index in [0.717, 1.165) is 42.4 Å². The summed E-state index contributed by atoms with van der Waals surface area (Å²) in [7, 11) is 0. The van der Waals surface area contributed by atoms with Crippen LogP contribution in [0.4, 0.5) is 18.3 Å². The molecule has 164 valence electrons. The molecule has 1 aliphatic carbocycles. The second-order valence-corrected chi connectivity index (χ2v) is 8.99. The maximum Gasteiger partial charge on any atom is 0.416 e. The highest BCUT2D eigenvalue weighted by atomic mass is 35.5. The van der Waals surface area contributed by atoms with Crippen LogP contribution in [0.3, 0.4) is 0 Å². The lowest BCUT2D eigenvalue weighted by atomic mass is 10.1. The highest BCUT2D eigenvalue weighted by molar-refractivity contribution is 7.22. The molecule has 5 nitrogen and oxygen atoms in total. The van der Waals surface area contributed by atoms with Gasteiger partial charge in [0, 0.05) is 17.1 Å². The summed E-state index contributed by atoms with van der Waals surface area (Å²) in [6.45, 7) is 1.17. The third-order valence-corrected chi connectivity index (χ3v) is 6.23. The molecule has 0 atom stereocenters. The zero-order valence-electron chi connectivity index (χ0n) is 16.2. The highest BCUT2D eigenvalue weighted by Gasteiger charge is 2.31. The van der Waals surface area contributed by atoms with Gasteiger partial charge in [-0.05, 0) is 49.2 Å². The Labute approximate surface area is 185 Å². The minimum Gasteiger partial charge on any atom is -0.507 e. The minimum absolute atomic E-state index is 0.0262. The van der Waals surface area contributed by atoms with E-state index >= 15 is 0 Å². The van der Waals surface area contributed by atoms with Gasteiger partial charge in [-0.2, -0.15) is 13.2 Å². The molecule has 3 aromatic rings. The van der Waals surface area contributed by atoms with Crippen LogP contribution in [0.1, 0.15) is 40.7 Å². The molecular formula is C21H19ClF3N3O2S. The Morgan fingerprint density at radius 1 is 1.26 bits per heavy atom. The fourth-order valence-electron chi connectivity index (χ4n) is 3.22. The first kappa shape index (κ1) is 21.9. The molecule has 31 heavy (non-hydrogen) atoms. The molecule has 1 aromatic heterocycles. The summed E-state index contributed by atoms with van der Waals surface area (Å²) < 4.78 is 39.0. The summed E-state index contributed by atoms with van der Waals surface area (Å²) in [6.07, 6.45) is -0.866. The highest BCUT2D eigenvalue weighted by Crippen LogP contribution is 2.35. The number of alkyl halides is 3. The molecule has 0 spiro atoms. The zero-order chi connectivity index (χ0) is 22.2. The minimum atomic E-state index is -4.46. The van der Waals surface area contributed by atoms with E-state index in [1.165, 1.54) is 25.0 Å². The van der Waals surface area contributed by atoms with Crippen LogP contribution in [0.5, 0.6) is 5.75 Å². The van der Waals surface area contributed by atoms with Crippen molar-refractivity contribution in [2.24, 2.45) is 5.92 Å². The summed E-state index contributed by atoms with van der Waals surface area (Å²) in [5, 5.41) is 16.7. The van der Waals surface area contributed by atoms with Gasteiger partial charge in [0.15, 0.2) is 5.13 Å². The van der Waals surface area contributed by atoms with Crippen LogP contribution >= 0.6 is 22.9 Å². The van der Waals surface area contributed by atoms with Crippen molar-refractivity contribution >= 4 is 44.2 Å². The maximum atomic E-state index is 12.9. The smallest absolute Gasteiger partial charge is 0.416 e. The first-order chi connectivity index (χ1) is 14.7. The number of rotatable bonds is 7. The average Bonchev–Trinajstić information content (AvgIpc) is 3.44. The molecule has 10 heteroatoms. The van der Waals surface area contributed by atoms with Crippen molar-refractivity contribution in [1.82, 2.24) is 10.3 Å². The number of benzene rings is 2. The average molecular weight is 470 g/mol. The van der Waals surface area contributed by atoms with Crippen molar-refractivity contribution in [2.75, 3.05) is 11.9 Å². The largest absolute Gasteiger partial charge is 0.507 e. The quantitative estimate of drug-likeness (QED) is 0.381. The van der Waals surface area contributed by atoms with E-state index in [9.17, 15) is 23.1 Å². The number of fused-ring (bicyclic) bond motifs is 1. The fourth-order valence-corrected chi connectivity index (χ4v) is 4.36. The number of anilines is 1. The molecule has 3 N–H and O–H groups in total. The second-order valence-electron chi connectivity index (χ2n) is 7.52. The monoisotopic (exact) mass is 469 g/mol. The van der Waals surface area contributed by atoms with Gasteiger partial charge in [-0.15, -0.1) is 0 Å². The predicted octanol–water partition coefficient (Wildman–Crippen LogP) is 5.82. The molecule has 1 amide bonds. The summed E-state index contributed by atoms with van der Waals surface area (Å²) in [5.74, 6) is -0.0570. The van der Waals surface area contributed by atoms with E-state index in [0.29, 0.717) is 27.3 Å². The molecule has 0 unspecified atom stereocenters. The number of aromatic hydroxyl groups is 1. The van der Waals surface area contributed by atoms with Crippen LogP contribution in [0, 0.1) is 5.92 Å². The molecule has 0 radical (unpaired) electrons. The third kappa shape index (κ3) is 5.28. The number of aromatic nitrogens is 1. The molecule has 1 fully saturated rings. The number of carbonyl (C=O) groups excluding carboxylic acids is 1. The van der Waals surface area contributed by atoms with Crippen molar-refractivity contribution in [1.29, 1.82) is 0 Å². The van der Waals surface area contributed by atoms with Crippen LogP contribution in [-0.4, -0.2) is 22.5 Å². The Morgan fingerprint density at radius 2 is 2.03 bits per heavy atom. The van der Waals surface area contributed by atoms with Crippen molar-refractivity contribution in [3.63, 3.8) is 0 Å². The molecular weight excluding hydrogens is 451 g/mol. The lowest BCUT2D eigenvalue weighted by Crippen LogP contribution is -2.17. The number of halogens is 4. The van der Waals surface area contributed by atoms with Crippen molar-refractivity contribution in [3.8, 4) is 5.75 Å². The first-order valence-corrected chi connectivity index (χ1v) is 10.9. The van der Waals surface area contributed by atoms with Gasteiger partial charge in [-0.3, -0.25) is 10.1 Å². The zero-order valence-corrected chi connectivity index (χ0v) is 17.8. The summed E-state index contributed by atoms with van der Waals surface area (Å²) >= 11 is 7.05. The van der Waals surface area contributed by atoms with Crippen molar-refractivity contribution in [2.45, 2.75) is 32.0 Å². The predicted molar refractivity (Wildman–Crippen MR) is 115 cm³/mol. The molecule has 2 aromatic carbocycles. The molecule has 1 heterocycles.